The lowest BCUT2D eigenvalue weighted by atomic mass is 9.74. The minimum Gasteiger partial charge on any atom is -0.342 e. The van der Waals surface area contributed by atoms with Gasteiger partial charge in [-0.15, -0.1) is 0 Å². The zero-order valence-electron chi connectivity index (χ0n) is 19.4. The molecule has 0 aromatic heterocycles. The van der Waals surface area contributed by atoms with Crippen LogP contribution in [0.25, 0.3) is 0 Å². The molecular weight excluding hydrogens is 434 g/mol. The number of rotatable bonds is 6. The number of nitrogens with one attached hydrogen (secondary N) is 1. The highest BCUT2D eigenvalue weighted by atomic mass is 32.2. The molecule has 2 aromatic rings. The van der Waals surface area contributed by atoms with E-state index in [1.165, 1.54) is 11.1 Å². The van der Waals surface area contributed by atoms with Crippen molar-refractivity contribution in [3.63, 3.8) is 0 Å². The third-order valence-corrected chi connectivity index (χ3v) is 8.44. The summed E-state index contributed by atoms with van der Waals surface area (Å²) in [4.78, 5) is 28.6. The zero-order valence-corrected chi connectivity index (χ0v) is 20.2. The van der Waals surface area contributed by atoms with Gasteiger partial charge in [-0.3, -0.25) is 13.8 Å². The number of hydrogen-bond donors (Lipinski definition) is 2. The van der Waals surface area contributed by atoms with Crippen molar-refractivity contribution in [3.05, 3.63) is 65.7 Å². The Kier molecular flexibility index (Phi) is 6.73. The Morgan fingerprint density at radius 2 is 1.70 bits per heavy atom. The molecule has 3 N–H and O–H groups in total. The predicted octanol–water partition coefficient (Wildman–Crippen LogP) is 2.52. The van der Waals surface area contributed by atoms with Crippen molar-refractivity contribution in [2.45, 2.75) is 61.4 Å². The van der Waals surface area contributed by atoms with E-state index in [9.17, 15) is 13.8 Å². The van der Waals surface area contributed by atoms with Gasteiger partial charge in [-0.25, -0.2) is 0 Å². The van der Waals surface area contributed by atoms with Crippen LogP contribution in [0.1, 0.15) is 44.2 Å². The van der Waals surface area contributed by atoms with Gasteiger partial charge in [0, 0.05) is 18.0 Å². The molecule has 4 rings (SSSR count). The highest BCUT2D eigenvalue weighted by molar-refractivity contribution is 7.85. The Morgan fingerprint density at radius 1 is 1.06 bits per heavy atom. The number of hydrogen-bond acceptors (Lipinski definition) is 4. The van der Waals surface area contributed by atoms with Crippen LogP contribution < -0.4 is 11.1 Å². The normalized spacial score (nSPS) is 19.1. The fourth-order valence-corrected chi connectivity index (χ4v) is 6.18. The SMILES string of the molecule is CC(C)(N)C(=O)N[C@H](C[S@@](=O)c1ccccc1)C(=O)N1CCC2(CCc3ccccc32)CC1. The van der Waals surface area contributed by atoms with Crippen LogP contribution in [0.15, 0.2) is 59.5 Å². The lowest BCUT2D eigenvalue weighted by molar-refractivity contribution is -0.138. The van der Waals surface area contributed by atoms with Gasteiger partial charge in [0.25, 0.3) is 0 Å². The molecule has 2 aliphatic rings. The first-order valence-electron chi connectivity index (χ1n) is 11.6. The van der Waals surface area contributed by atoms with E-state index in [4.69, 9.17) is 5.73 Å². The van der Waals surface area contributed by atoms with Crippen LogP contribution in [-0.4, -0.2) is 51.3 Å². The highest BCUT2D eigenvalue weighted by Crippen LogP contribution is 2.46. The number of benzene rings is 2. The molecule has 1 aliphatic heterocycles. The van der Waals surface area contributed by atoms with Crippen LogP contribution in [0.4, 0.5) is 0 Å². The van der Waals surface area contributed by atoms with Gasteiger partial charge in [0.2, 0.25) is 11.8 Å². The minimum absolute atomic E-state index is 0.0230. The van der Waals surface area contributed by atoms with E-state index in [-0.39, 0.29) is 17.1 Å². The fraction of sp³-hybridized carbons (Fsp3) is 0.462. The van der Waals surface area contributed by atoms with Crippen LogP contribution in [0, 0.1) is 0 Å². The van der Waals surface area contributed by atoms with Gasteiger partial charge in [-0.05, 0) is 68.2 Å². The van der Waals surface area contributed by atoms with Crippen LogP contribution in [0.2, 0.25) is 0 Å². The maximum absolute atomic E-state index is 13.5. The standard InChI is InChI=1S/C26H33N3O3S/c1-25(2,27)24(31)28-22(18-33(32)20-9-4-3-5-10-20)23(30)29-16-14-26(15-17-29)13-12-19-8-6-7-11-21(19)26/h3-11,22H,12-18,27H2,1-2H3,(H,28,31)/t22-,33-/m1/s1. The maximum Gasteiger partial charge on any atom is 0.246 e. The molecular formula is C26H33N3O3S. The number of carbonyl (C=O) groups excluding carboxylic acids is 2. The molecule has 0 saturated carbocycles. The first-order chi connectivity index (χ1) is 15.7. The summed E-state index contributed by atoms with van der Waals surface area (Å²) in [6, 6.07) is 16.8. The van der Waals surface area contributed by atoms with Crippen molar-refractivity contribution in [2.75, 3.05) is 18.8 Å². The molecule has 2 aromatic carbocycles. The zero-order chi connectivity index (χ0) is 23.6. The summed E-state index contributed by atoms with van der Waals surface area (Å²) in [5, 5.41) is 2.78. The summed E-state index contributed by atoms with van der Waals surface area (Å²) in [6.45, 7) is 4.45. The van der Waals surface area contributed by atoms with E-state index in [1.807, 2.05) is 23.1 Å². The van der Waals surface area contributed by atoms with E-state index in [2.05, 4.69) is 29.6 Å². The van der Waals surface area contributed by atoms with Gasteiger partial charge in [0.05, 0.1) is 22.1 Å². The summed E-state index contributed by atoms with van der Waals surface area (Å²) < 4.78 is 13.0. The Balaban J connectivity index is 1.48. The highest BCUT2D eigenvalue weighted by Gasteiger charge is 2.43. The maximum atomic E-state index is 13.5. The first kappa shape index (κ1) is 23.6. The second-order valence-corrected chi connectivity index (χ2v) is 11.3. The van der Waals surface area contributed by atoms with Gasteiger partial charge >= 0.3 is 0 Å². The fourth-order valence-electron chi connectivity index (χ4n) is 5.00. The average molecular weight is 468 g/mol. The van der Waals surface area contributed by atoms with Crippen LogP contribution in [0.5, 0.6) is 0 Å². The van der Waals surface area contributed by atoms with E-state index >= 15 is 0 Å². The average Bonchev–Trinajstić information content (AvgIpc) is 3.16. The van der Waals surface area contributed by atoms with Gasteiger partial charge in [-0.2, -0.15) is 0 Å². The molecule has 0 unspecified atom stereocenters. The topological polar surface area (TPSA) is 92.5 Å². The molecule has 1 spiro atoms. The molecule has 176 valence electrons. The minimum atomic E-state index is -1.42. The second-order valence-electron chi connectivity index (χ2n) is 9.84. The van der Waals surface area contributed by atoms with Crippen LogP contribution >= 0.6 is 0 Å². The van der Waals surface area contributed by atoms with Crippen molar-refractivity contribution < 1.29 is 13.8 Å². The van der Waals surface area contributed by atoms with E-state index in [1.54, 1.807) is 26.0 Å². The summed E-state index contributed by atoms with van der Waals surface area (Å²) in [5.74, 6) is -0.586. The molecule has 6 nitrogen and oxygen atoms in total. The van der Waals surface area contributed by atoms with Crippen molar-refractivity contribution in [3.8, 4) is 0 Å². The number of aryl methyl sites for hydroxylation is 1. The molecule has 0 bridgehead atoms. The van der Waals surface area contributed by atoms with Crippen molar-refractivity contribution in [1.29, 1.82) is 0 Å². The lowest BCUT2D eigenvalue weighted by Crippen LogP contribution is -2.59. The van der Waals surface area contributed by atoms with Gasteiger partial charge in [-0.1, -0.05) is 42.5 Å². The first-order valence-corrected chi connectivity index (χ1v) is 12.9. The molecule has 33 heavy (non-hydrogen) atoms. The lowest BCUT2D eigenvalue weighted by Gasteiger charge is -2.41. The number of carbonyl (C=O) groups is 2. The molecule has 1 heterocycles. The molecule has 0 radical (unpaired) electrons. The van der Waals surface area contributed by atoms with Crippen LogP contribution in [-0.2, 0) is 32.2 Å². The Bertz CT molecular complexity index is 1040. The van der Waals surface area contributed by atoms with E-state index in [0.717, 1.165) is 25.7 Å². The number of amides is 2. The number of fused-ring (bicyclic) bond motifs is 2. The molecule has 1 fully saturated rings. The Hall–Kier alpha value is -2.51. The second kappa shape index (κ2) is 9.39. The largest absolute Gasteiger partial charge is 0.342 e. The third-order valence-electron chi connectivity index (χ3n) is 7.01. The third kappa shape index (κ3) is 5.04. The van der Waals surface area contributed by atoms with Gasteiger partial charge < -0.3 is 16.0 Å². The summed E-state index contributed by atoms with van der Waals surface area (Å²) >= 11 is 0. The number of likely N-dealkylation sites (tertiary alicyclic amines) is 1. The summed E-state index contributed by atoms with van der Waals surface area (Å²) in [7, 11) is -1.42. The molecule has 1 aliphatic carbocycles. The molecule has 2 amide bonds. The van der Waals surface area contributed by atoms with Crippen molar-refractivity contribution in [2.24, 2.45) is 5.73 Å². The molecule has 7 heteroatoms. The van der Waals surface area contributed by atoms with Crippen molar-refractivity contribution >= 4 is 22.6 Å². The molecule has 2 atom stereocenters. The van der Waals surface area contributed by atoms with Crippen LogP contribution in [0.3, 0.4) is 0 Å². The number of nitrogens with zero attached hydrogens (tertiary/aromatic N) is 1. The summed E-state index contributed by atoms with van der Waals surface area (Å²) in [6.07, 6.45) is 4.01. The van der Waals surface area contributed by atoms with E-state index < -0.39 is 28.3 Å². The number of nitrogens with two attached hydrogens (primary N) is 1. The van der Waals surface area contributed by atoms with Crippen molar-refractivity contribution in [1.82, 2.24) is 10.2 Å². The Labute approximate surface area is 198 Å². The van der Waals surface area contributed by atoms with Gasteiger partial charge in [0.1, 0.15) is 6.04 Å². The summed E-state index contributed by atoms with van der Waals surface area (Å²) in [5.41, 5.74) is 7.81. The Morgan fingerprint density at radius 3 is 2.36 bits per heavy atom. The smallest absolute Gasteiger partial charge is 0.246 e. The predicted molar refractivity (Wildman–Crippen MR) is 130 cm³/mol. The number of piperidine rings is 1. The van der Waals surface area contributed by atoms with E-state index in [0.29, 0.717) is 18.0 Å². The van der Waals surface area contributed by atoms with Gasteiger partial charge in [0.15, 0.2) is 0 Å². The monoisotopic (exact) mass is 467 g/mol. The molecule has 1 saturated heterocycles. The quantitative estimate of drug-likeness (QED) is 0.683.